The van der Waals surface area contributed by atoms with Gasteiger partial charge in [0, 0.05) is 25.6 Å². The summed E-state index contributed by atoms with van der Waals surface area (Å²) in [6.07, 6.45) is -3.70. The zero-order valence-electron chi connectivity index (χ0n) is 36.0. The van der Waals surface area contributed by atoms with Crippen molar-refractivity contribution in [1.29, 1.82) is 0 Å². The summed E-state index contributed by atoms with van der Waals surface area (Å²) in [5, 5.41) is 3.17. The van der Waals surface area contributed by atoms with Crippen LogP contribution >= 0.6 is 0 Å². The number of hydrogen-bond acceptors (Lipinski definition) is 13. The number of alkyl carbamates (subject to hydrolysis) is 1. The number of hydrogen-bond donors (Lipinski definition) is 1. The zero-order valence-corrected chi connectivity index (χ0v) is 36.0. The molecular weight excluding hydrogens is 766 g/mol. The molecule has 4 rings (SSSR count). The number of guanidine groups is 1. The van der Waals surface area contributed by atoms with Gasteiger partial charge < -0.3 is 29.0 Å². The Morgan fingerprint density at radius 1 is 0.763 bits per heavy atom. The van der Waals surface area contributed by atoms with Crippen LogP contribution in [0.4, 0.5) is 14.4 Å². The van der Waals surface area contributed by atoms with Gasteiger partial charge in [0.05, 0.1) is 17.7 Å². The maximum absolute atomic E-state index is 13.8. The standard InChI is InChI=1S/C42H57N5O12/c1-39(2,3)55-34(50)31(59-47-32(48)29-15-13-14-16-30(29)33(47)49)25-54-28-19-17-26(18-20-28)27-23-44-35(46(24-27)38(53)58-42(10,11)12)45(37(52)57-41(7,8)9)22-21-43-36(51)56-40(4,5)6/h13-20,27,31H,21-25H2,1-12H3,(H,43,51). The average Bonchev–Trinajstić information content (AvgIpc) is 3.33. The van der Waals surface area contributed by atoms with Crippen LogP contribution in [0.15, 0.2) is 53.5 Å². The molecule has 1 N–H and O–H groups in total. The molecule has 0 spiro atoms. The molecule has 59 heavy (non-hydrogen) atoms. The lowest BCUT2D eigenvalue weighted by atomic mass is 9.97. The van der Waals surface area contributed by atoms with Crippen LogP contribution in [0.25, 0.3) is 0 Å². The number of benzene rings is 2. The van der Waals surface area contributed by atoms with Gasteiger partial charge in [0.1, 0.15) is 34.8 Å². The minimum atomic E-state index is -1.49. The van der Waals surface area contributed by atoms with E-state index in [1.807, 2.05) is 0 Å². The first kappa shape index (κ1) is 46.0. The molecule has 2 unspecified atom stereocenters. The summed E-state index contributed by atoms with van der Waals surface area (Å²) < 4.78 is 28.2. The Bertz CT molecular complexity index is 1880. The molecule has 2 heterocycles. The van der Waals surface area contributed by atoms with E-state index in [2.05, 4.69) is 5.32 Å². The van der Waals surface area contributed by atoms with E-state index >= 15 is 0 Å². The second kappa shape index (κ2) is 18.1. The third kappa shape index (κ3) is 13.4. The van der Waals surface area contributed by atoms with Crippen molar-refractivity contribution >= 4 is 42.0 Å². The highest BCUT2D eigenvalue weighted by atomic mass is 16.7. The van der Waals surface area contributed by atoms with Crippen molar-refractivity contribution in [3.05, 3.63) is 65.2 Å². The summed E-state index contributed by atoms with van der Waals surface area (Å²) in [6.45, 7) is 20.1. The van der Waals surface area contributed by atoms with Gasteiger partial charge in [-0.25, -0.2) is 33.8 Å². The monoisotopic (exact) mass is 823 g/mol. The number of carbonyl (C=O) groups excluding carboxylic acids is 6. The molecule has 0 radical (unpaired) electrons. The average molecular weight is 824 g/mol. The van der Waals surface area contributed by atoms with E-state index in [1.54, 1.807) is 119 Å². The lowest BCUT2D eigenvalue weighted by Gasteiger charge is -2.38. The highest BCUT2D eigenvalue weighted by Crippen LogP contribution is 2.28. The second-order valence-corrected chi connectivity index (χ2v) is 17.9. The Balaban J connectivity index is 1.55. The number of fused-ring (bicyclic) bond motifs is 1. The van der Waals surface area contributed by atoms with Crippen molar-refractivity contribution in [2.24, 2.45) is 4.99 Å². The summed E-state index contributed by atoms with van der Waals surface area (Å²) in [5.74, 6) is -2.33. The molecular formula is C42H57N5O12. The molecule has 0 aliphatic carbocycles. The van der Waals surface area contributed by atoms with Crippen LogP contribution in [0, 0.1) is 0 Å². The molecule has 2 aliphatic heterocycles. The molecule has 2 aromatic rings. The second-order valence-electron chi connectivity index (χ2n) is 17.9. The fraction of sp³-hybridized carbons (Fsp3) is 0.548. The lowest BCUT2D eigenvalue weighted by Crippen LogP contribution is -2.56. The van der Waals surface area contributed by atoms with Crippen molar-refractivity contribution in [3.8, 4) is 5.75 Å². The van der Waals surface area contributed by atoms with Gasteiger partial charge in [0.2, 0.25) is 12.1 Å². The molecule has 2 atom stereocenters. The van der Waals surface area contributed by atoms with Gasteiger partial charge in [-0.3, -0.25) is 14.6 Å². The Morgan fingerprint density at radius 2 is 1.31 bits per heavy atom. The van der Waals surface area contributed by atoms with E-state index in [-0.39, 0.29) is 49.2 Å². The Labute approximate surface area is 345 Å². The van der Waals surface area contributed by atoms with Gasteiger partial charge >= 0.3 is 24.2 Å². The van der Waals surface area contributed by atoms with Gasteiger partial charge in [-0.05, 0) is 113 Å². The van der Waals surface area contributed by atoms with Crippen molar-refractivity contribution in [3.63, 3.8) is 0 Å². The quantitative estimate of drug-likeness (QED) is 0.157. The zero-order chi connectivity index (χ0) is 44.1. The first-order chi connectivity index (χ1) is 27.2. The molecule has 17 nitrogen and oxygen atoms in total. The SMILES string of the molecule is CC(C)(C)OC(=O)NCCN(C(=O)OC(C)(C)C)C1=NCC(c2ccc(OCC(ON3C(=O)c4ccccc4C3=O)C(=O)OC(C)(C)C)cc2)CN1C(=O)OC(C)(C)C. The van der Waals surface area contributed by atoms with Crippen molar-refractivity contribution in [1.82, 2.24) is 20.2 Å². The molecule has 5 amide bonds. The highest BCUT2D eigenvalue weighted by Gasteiger charge is 2.41. The number of carbonyl (C=O) groups is 6. The molecule has 0 aromatic heterocycles. The number of aliphatic imine (C=N–C) groups is 1. The van der Waals surface area contributed by atoms with E-state index in [9.17, 15) is 28.8 Å². The molecule has 2 aromatic carbocycles. The fourth-order valence-corrected chi connectivity index (χ4v) is 5.63. The number of ether oxygens (including phenoxy) is 5. The number of amides is 5. The number of imide groups is 1. The van der Waals surface area contributed by atoms with E-state index in [4.69, 9.17) is 33.5 Å². The molecule has 0 saturated carbocycles. The van der Waals surface area contributed by atoms with Crippen LogP contribution in [-0.4, -0.2) is 118 Å². The molecule has 2 aliphatic rings. The fourth-order valence-electron chi connectivity index (χ4n) is 5.63. The van der Waals surface area contributed by atoms with Gasteiger partial charge in [0.25, 0.3) is 11.8 Å². The Morgan fingerprint density at radius 3 is 1.83 bits per heavy atom. The van der Waals surface area contributed by atoms with Crippen molar-refractivity contribution in [2.45, 2.75) is 118 Å². The lowest BCUT2D eigenvalue weighted by molar-refractivity contribution is -0.193. The van der Waals surface area contributed by atoms with Crippen LogP contribution in [-0.2, 0) is 28.6 Å². The summed E-state index contributed by atoms with van der Waals surface area (Å²) in [5.41, 5.74) is -2.36. The summed E-state index contributed by atoms with van der Waals surface area (Å²) in [7, 11) is 0. The van der Waals surface area contributed by atoms with Crippen LogP contribution < -0.4 is 10.1 Å². The van der Waals surface area contributed by atoms with Gasteiger partial charge in [-0.1, -0.05) is 24.3 Å². The number of nitrogens with zero attached hydrogens (tertiary/aromatic N) is 4. The van der Waals surface area contributed by atoms with Crippen LogP contribution in [0.1, 0.15) is 115 Å². The predicted molar refractivity (Wildman–Crippen MR) is 215 cm³/mol. The minimum absolute atomic E-state index is 0.0121. The maximum Gasteiger partial charge on any atom is 0.417 e. The first-order valence-corrected chi connectivity index (χ1v) is 19.3. The van der Waals surface area contributed by atoms with Crippen molar-refractivity contribution in [2.75, 3.05) is 32.8 Å². The van der Waals surface area contributed by atoms with Gasteiger partial charge in [0.15, 0.2) is 0 Å². The summed E-state index contributed by atoms with van der Waals surface area (Å²) >= 11 is 0. The van der Waals surface area contributed by atoms with Crippen LogP contribution in [0.2, 0.25) is 0 Å². The number of hydroxylamine groups is 2. The number of rotatable bonds is 10. The van der Waals surface area contributed by atoms with E-state index < -0.39 is 71.2 Å². The smallest absolute Gasteiger partial charge is 0.417 e. The molecule has 0 saturated heterocycles. The normalized spacial score (nSPS) is 16.4. The summed E-state index contributed by atoms with van der Waals surface area (Å²) in [4.78, 5) is 91.8. The topological polar surface area (TPSA) is 192 Å². The maximum atomic E-state index is 13.8. The Hall–Kier alpha value is -5.71. The molecule has 17 heteroatoms. The highest BCUT2D eigenvalue weighted by molar-refractivity contribution is 6.20. The number of esters is 1. The first-order valence-electron chi connectivity index (χ1n) is 19.3. The number of nitrogens with one attached hydrogen (secondary N) is 1. The van der Waals surface area contributed by atoms with E-state index in [0.29, 0.717) is 10.8 Å². The van der Waals surface area contributed by atoms with Crippen molar-refractivity contribution < 1.29 is 57.3 Å². The summed E-state index contributed by atoms with van der Waals surface area (Å²) in [6, 6.07) is 13.0. The minimum Gasteiger partial charge on any atom is -0.490 e. The van der Waals surface area contributed by atoms with Gasteiger partial charge in [-0.15, -0.1) is 5.06 Å². The van der Waals surface area contributed by atoms with Gasteiger partial charge in [-0.2, -0.15) is 0 Å². The van der Waals surface area contributed by atoms with Crippen LogP contribution in [0.5, 0.6) is 5.75 Å². The third-order valence-electron chi connectivity index (χ3n) is 7.98. The Kier molecular flexibility index (Phi) is 14.1. The largest absolute Gasteiger partial charge is 0.490 e. The predicted octanol–water partition coefficient (Wildman–Crippen LogP) is 6.46. The third-order valence-corrected chi connectivity index (χ3v) is 7.98. The molecule has 322 valence electrons. The van der Waals surface area contributed by atoms with E-state index in [0.717, 1.165) is 5.56 Å². The molecule has 0 bridgehead atoms. The van der Waals surface area contributed by atoms with Crippen LogP contribution in [0.3, 0.4) is 0 Å². The molecule has 0 fully saturated rings. The van der Waals surface area contributed by atoms with E-state index in [1.165, 1.54) is 21.9 Å².